The van der Waals surface area contributed by atoms with Crippen molar-refractivity contribution in [3.8, 4) is 0 Å². The maximum Gasteiger partial charge on any atom is 0.142 e. The quantitative estimate of drug-likeness (QED) is 0.451. The normalized spacial score (nSPS) is 16.2. The van der Waals surface area contributed by atoms with Crippen molar-refractivity contribution in [2.75, 3.05) is 7.11 Å². The molecule has 2 atom stereocenters. The lowest BCUT2D eigenvalue weighted by Gasteiger charge is -2.19. The fourth-order valence-electron chi connectivity index (χ4n) is 1.09. The highest BCUT2D eigenvalue weighted by atomic mass is 16.5. The molecular formula is C10H18O2. The number of methoxy groups -OCH3 is 1. The number of rotatable bonds is 6. The van der Waals surface area contributed by atoms with Crippen LogP contribution in [-0.4, -0.2) is 19.5 Å². The Morgan fingerprint density at radius 2 is 2.17 bits per heavy atom. The Labute approximate surface area is 74.6 Å². The zero-order chi connectivity index (χ0) is 9.40. The maximum absolute atomic E-state index is 9.99. The van der Waals surface area contributed by atoms with Crippen LogP contribution in [0.5, 0.6) is 0 Å². The van der Waals surface area contributed by atoms with Gasteiger partial charge in [-0.25, -0.2) is 0 Å². The summed E-state index contributed by atoms with van der Waals surface area (Å²) < 4.78 is 5.28. The number of carbonyl (C=O) groups is 1. The molecule has 0 saturated carbocycles. The van der Waals surface area contributed by atoms with Crippen molar-refractivity contribution in [1.82, 2.24) is 0 Å². The summed E-state index contributed by atoms with van der Waals surface area (Å²) in [5.74, 6) is 0.548. The number of hydrogen-bond donors (Lipinski definition) is 0. The molecule has 0 heterocycles. The topological polar surface area (TPSA) is 26.3 Å². The van der Waals surface area contributed by atoms with Gasteiger partial charge in [-0.1, -0.05) is 26.3 Å². The first-order valence-corrected chi connectivity index (χ1v) is 4.39. The molecule has 0 saturated heterocycles. The Morgan fingerprint density at radius 3 is 2.58 bits per heavy atom. The van der Waals surface area contributed by atoms with Crippen LogP contribution in [0.1, 0.15) is 26.7 Å². The first-order valence-electron chi connectivity index (χ1n) is 4.39. The van der Waals surface area contributed by atoms with E-state index in [1.165, 1.54) is 6.08 Å². The Kier molecular flexibility index (Phi) is 6.67. The van der Waals surface area contributed by atoms with E-state index in [9.17, 15) is 4.79 Å². The summed E-state index contributed by atoms with van der Waals surface area (Å²) in [6.45, 7) is 4.29. The molecule has 2 nitrogen and oxygen atoms in total. The summed E-state index contributed by atoms with van der Waals surface area (Å²) in [6, 6.07) is 0. The van der Waals surface area contributed by atoms with Crippen molar-refractivity contribution in [2.24, 2.45) is 5.92 Å². The number of allylic oxidation sites excluding steroid dienone is 1. The van der Waals surface area contributed by atoms with Gasteiger partial charge in [0.2, 0.25) is 0 Å². The van der Waals surface area contributed by atoms with Gasteiger partial charge in [-0.05, 0) is 18.4 Å². The van der Waals surface area contributed by atoms with Gasteiger partial charge in [0.1, 0.15) is 6.29 Å². The van der Waals surface area contributed by atoms with Gasteiger partial charge in [-0.15, -0.1) is 0 Å². The van der Waals surface area contributed by atoms with Gasteiger partial charge in [-0.3, -0.25) is 4.79 Å². The molecule has 0 radical (unpaired) electrons. The molecular weight excluding hydrogens is 152 g/mol. The second kappa shape index (κ2) is 7.04. The van der Waals surface area contributed by atoms with Gasteiger partial charge < -0.3 is 4.74 Å². The molecule has 0 N–H and O–H groups in total. The van der Waals surface area contributed by atoms with Crippen LogP contribution in [0.4, 0.5) is 0 Å². The summed E-state index contributed by atoms with van der Waals surface area (Å²) in [4.78, 5) is 9.99. The van der Waals surface area contributed by atoms with Crippen LogP contribution in [0.25, 0.3) is 0 Å². The fourth-order valence-corrected chi connectivity index (χ4v) is 1.09. The van der Waals surface area contributed by atoms with Gasteiger partial charge in [0.05, 0.1) is 6.10 Å². The first-order chi connectivity index (χ1) is 5.76. The van der Waals surface area contributed by atoms with Crippen LogP contribution in [0.3, 0.4) is 0 Å². The Hall–Kier alpha value is -0.630. The van der Waals surface area contributed by atoms with E-state index >= 15 is 0 Å². The van der Waals surface area contributed by atoms with Crippen molar-refractivity contribution >= 4 is 6.29 Å². The van der Waals surface area contributed by atoms with Crippen LogP contribution in [-0.2, 0) is 9.53 Å². The Bertz CT molecular complexity index is 141. The van der Waals surface area contributed by atoms with Crippen molar-refractivity contribution < 1.29 is 9.53 Å². The van der Waals surface area contributed by atoms with Crippen LogP contribution in [0.2, 0.25) is 0 Å². The predicted octanol–water partition coefficient (Wildman–Crippen LogP) is 2.19. The molecule has 12 heavy (non-hydrogen) atoms. The molecule has 2 unspecified atom stereocenters. The second-order valence-corrected chi connectivity index (χ2v) is 2.96. The summed E-state index contributed by atoms with van der Waals surface area (Å²) in [7, 11) is 1.71. The van der Waals surface area contributed by atoms with Crippen molar-refractivity contribution in [2.45, 2.75) is 32.8 Å². The molecule has 2 heteroatoms. The van der Waals surface area contributed by atoms with Crippen molar-refractivity contribution in [3.05, 3.63) is 12.2 Å². The zero-order valence-corrected chi connectivity index (χ0v) is 8.12. The SMILES string of the molecule is CCC(C)C(CC=CC=O)OC. The van der Waals surface area contributed by atoms with E-state index in [0.717, 1.165) is 19.1 Å². The third-order valence-corrected chi connectivity index (χ3v) is 2.16. The van der Waals surface area contributed by atoms with E-state index in [1.807, 2.05) is 6.08 Å². The van der Waals surface area contributed by atoms with Gasteiger partial charge in [0, 0.05) is 7.11 Å². The molecule has 0 rings (SSSR count). The Balaban J connectivity index is 3.81. The number of carbonyl (C=O) groups excluding carboxylic acids is 1. The summed E-state index contributed by atoms with van der Waals surface area (Å²) in [5, 5.41) is 0. The molecule has 0 aromatic carbocycles. The smallest absolute Gasteiger partial charge is 0.142 e. The van der Waals surface area contributed by atoms with Gasteiger partial charge in [-0.2, -0.15) is 0 Å². The van der Waals surface area contributed by atoms with E-state index in [0.29, 0.717) is 5.92 Å². The molecule has 0 amide bonds. The molecule has 0 aromatic heterocycles. The molecule has 0 aliphatic rings. The highest BCUT2D eigenvalue weighted by Crippen LogP contribution is 2.14. The van der Waals surface area contributed by atoms with E-state index in [1.54, 1.807) is 7.11 Å². The second-order valence-electron chi connectivity index (χ2n) is 2.96. The van der Waals surface area contributed by atoms with Crippen molar-refractivity contribution in [3.63, 3.8) is 0 Å². The molecule has 0 aliphatic heterocycles. The van der Waals surface area contributed by atoms with Crippen LogP contribution >= 0.6 is 0 Å². The van der Waals surface area contributed by atoms with Gasteiger partial charge in [0.25, 0.3) is 0 Å². The summed E-state index contributed by atoms with van der Waals surface area (Å²) >= 11 is 0. The van der Waals surface area contributed by atoms with Gasteiger partial charge in [0.15, 0.2) is 0 Å². The number of aldehydes is 1. The summed E-state index contributed by atoms with van der Waals surface area (Å²) in [6.07, 6.45) is 6.34. The minimum Gasteiger partial charge on any atom is -0.381 e. The molecule has 0 fully saturated rings. The highest BCUT2D eigenvalue weighted by Gasteiger charge is 2.12. The largest absolute Gasteiger partial charge is 0.381 e. The monoisotopic (exact) mass is 170 g/mol. The van der Waals surface area contributed by atoms with E-state index in [-0.39, 0.29) is 6.10 Å². The molecule has 70 valence electrons. The lowest BCUT2D eigenvalue weighted by molar-refractivity contribution is -0.104. The number of hydrogen-bond acceptors (Lipinski definition) is 2. The average Bonchev–Trinajstić information content (AvgIpc) is 2.11. The van der Waals surface area contributed by atoms with Gasteiger partial charge >= 0.3 is 0 Å². The minimum absolute atomic E-state index is 0.242. The molecule has 0 spiro atoms. The third kappa shape index (κ3) is 4.29. The summed E-state index contributed by atoms with van der Waals surface area (Å²) in [5.41, 5.74) is 0. The lowest BCUT2D eigenvalue weighted by atomic mass is 9.99. The third-order valence-electron chi connectivity index (χ3n) is 2.16. The fraction of sp³-hybridized carbons (Fsp3) is 0.700. The average molecular weight is 170 g/mol. The van der Waals surface area contributed by atoms with Crippen LogP contribution in [0.15, 0.2) is 12.2 Å². The molecule has 0 aromatic rings. The maximum atomic E-state index is 9.99. The predicted molar refractivity (Wildman–Crippen MR) is 50.1 cm³/mol. The van der Waals surface area contributed by atoms with E-state index in [4.69, 9.17) is 4.74 Å². The zero-order valence-electron chi connectivity index (χ0n) is 8.12. The van der Waals surface area contributed by atoms with E-state index in [2.05, 4.69) is 13.8 Å². The van der Waals surface area contributed by atoms with Crippen LogP contribution in [0, 0.1) is 5.92 Å². The number of ether oxygens (including phenoxy) is 1. The molecule has 0 bridgehead atoms. The highest BCUT2D eigenvalue weighted by molar-refractivity contribution is 5.64. The molecule has 0 aliphatic carbocycles. The van der Waals surface area contributed by atoms with E-state index < -0.39 is 0 Å². The van der Waals surface area contributed by atoms with Crippen molar-refractivity contribution in [1.29, 1.82) is 0 Å². The van der Waals surface area contributed by atoms with Crippen LogP contribution < -0.4 is 0 Å². The standard InChI is InChI=1S/C10H18O2/c1-4-9(2)10(12-3)7-5-6-8-11/h5-6,8-10H,4,7H2,1-3H3. The Morgan fingerprint density at radius 1 is 1.50 bits per heavy atom. The lowest BCUT2D eigenvalue weighted by Crippen LogP contribution is -2.18. The minimum atomic E-state index is 0.242. The first kappa shape index (κ1) is 11.4.